The number of piperazine rings is 1. The summed E-state index contributed by atoms with van der Waals surface area (Å²) in [5.74, 6) is 1.24. The first-order valence-electron chi connectivity index (χ1n) is 10.6. The molecule has 1 saturated carbocycles. The summed E-state index contributed by atoms with van der Waals surface area (Å²) in [5.41, 5.74) is 1.16. The molecule has 2 aliphatic rings. The summed E-state index contributed by atoms with van der Waals surface area (Å²) in [6, 6.07) is 8.65. The monoisotopic (exact) mass is 373 g/mol. The number of carbonyl (C=O) groups is 1. The van der Waals surface area contributed by atoms with Crippen molar-refractivity contribution in [3.05, 3.63) is 24.3 Å². The van der Waals surface area contributed by atoms with E-state index in [1.54, 1.807) is 0 Å². The SMILES string of the molecule is CCOc1ccccc1N1CCN(C(C)C(=O)N(C)C2CCCCC2)CC1. The Bertz CT molecular complexity index is 607. The Balaban J connectivity index is 1.56. The molecular weight excluding hydrogens is 338 g/mol. The molecule has 2 fully saturated rings. The van der Waals surface area contributed by atoms with Gasteiger partial charge in [-0.3, -0.25) is 9.69 Å². The minimum Gasteiger partial charge on any atom is -0.492 e. The van der Waals surface area contributed by atoms with Crippen LogP contribution < -0.4 is 9.64 Å². The zero-order valence-corrected chi connectivity index (χ0v) is 17.2. The van der Waals surface area contributed by atoms with Crippen molar-refractivity contribution in [1.82, 2.24) is 9.80 Å². The van der Waals surface area contributed by atoms with Crippen LogP contribution in [0.1, 0.15) is 46.0 Å². The van der Waals surface area contributed by atoms with Crippen LogP contribution in [-0.2, 0) is 4.79 Å². The van der Waals surface area contributed by atoms with Gasteiger partial charge < -0.3 is 14.5 Å². The number of hydrogen-bond acceptors (Lipinski definition) is 4. The van der Waals surface area contributed by atoms with Gasteiger partial charge in [-0.1, -0.05) is 31.4 Å². The number of likely N-dealkylation sites (N-methyl/N-ethyl adjacent to an activating group) is 1. The molecule has 1 aliphatic carbocycles. The van der Waals surface area contributed by atoms with Crippen molar-refractivity contribution >= 4 is 11.6 Å². The highest BCUT2D eigenvalue weighted by Crippen LogP contribution is 2.29. The Kier molecular flexibility index (Phi) is 7.00. The van der Waals surface area contributed by atoms with Gasteiger partial charge in [-0.2, -0.15) is 0 Å². The third-order valence-electron chi connectivity index (χ3n) is 6.20. The Labute approximate surface area is 164 Å². The quantitative estimate of drug-likeness (QED) is 0.766. The van der Waals surface area contributed by atoms with E-state index in [9.17, 15) is 4.79 Å². The summed E-state index contributed by atoms with van der Waals surface area (Å²) in [5, 5.41) is 0. The second-order valence-corrected chi connectivity index (χ2v) is 7.84. The first-order valence-corrected chi connectivity index (χ1v) is 10.6. The van der Waals surface area contributed by atoms with Crippen LogP contribution in [0, 0.1) is 0 Å². The summed E-state index contributed by atoms with van der Waals surface area (Å²) in [4.78, 5) is 19.7. The molecule has 1 amide bonds. The number of ether oxygens (including phenoxy) is 1. The lowest BCUT2D eigenvalue weighted by Gasteiger charge is -2.41. The van der Waals surface area contributed by atoms with Crippen molar-refractivity contribution < 1.29 is 9.53 Å². The lowest BCUT2D eigenvalue weighted by atomic mass is 9.94. The fourth-order valence-corrected chi connectivity index (χ4v) is 4.45. The molecule has 3 rings (SSSR count). The fourth-order valence-electron chi connectivity index (χ4n) is 4.45. The molecule has 1 aromatic carbocycles. The van der Waals surface area contributed by atoms with Gasteiger partial charge in [0, 0.05) is 39.3 Å². The highest BCUT2D eigenvalue weighted by Gasteiger charge is 2.31. The predicted octanol–water partition coefficient (Wildman–Crippen LogP) is 3.39. The molecule has 0 spiro atoms. The van der Waals surface area contributed by atoms with Crippen LogP contribution in [0.3, 0.4) is 0 Å². The van der Waals surface area contributed by atoms with Crippen molar-refractivity contribution in [3.8, 4) is 5.75 Å². The number of carbonyl (C=O) groups excluding carboxylic acids is 1. The molecule has 1 aliphatic heterocycles. The average Bonchev–Trinajstić information content (AvgIpc) is 2.73. The van der Waals surface area contributed by atoms with Crippen molar-refractivity contribution in [2.75, 3.05) is 44.7 Å². The summed E-state index contributed by atoms with van der Waals surface area (Å²) in [7, 11) is 2.00. The van der Waals surface area contributed by atoms with E-state index in [2.05, 4.69) is 28.9 Å². The number of benzene rings is 1. The van der Waals surface area contributed by atoms with Crippen molar-refractivity contribution in [2.24, 2.45) is 0 Å². The Morgan fingerprint density at radius 3 is 2.48 bits per heavy atom. The van der Waals surface area contributed by atoms with Crippen molar-refractivity contribution in [1.29, 1.82) is 0 Å². The van der Waals surface area contributed by atoms with Gasteiger partial charge in [-0.15, -0.1) is 0 Å². The third kappa shape index (κ3) is 4.75. The number of anilines is 1. The normalized spacial score (nSPS) is 20.3. The van der Waals surface area contributed by atoms with Gasteiger partial charge in [-0.25, -0.2) is 0 Å². The molecule has 1 unspecified atom stereocenters. The molecule has 0 radical (unpaired) electrons. The number of hydrogen-bond donors (Lipinski definition) is 0. The van der Waals surface area contributed by atoms with Gasteiger partial charge in [0.25, 0.3) is 0 Å². The molecule has 5 heteroatoms. The van der Waals surface area contributed by atoms with Crippen LogP contribution in [0.25, 0.3) is 0 Å². The Hall–Kier alpha value is -1.75. The van der Waals surface area contributed by atoms with E-state index in [4.69, 9.17) is 4.74 Å². The lowest BCUT2D eigenvalue weighted by molar-refractivity contribution is -0.138. The second-order valence-electron chi connectivity index (χ2n) is 7.84. The molecule has 0 N–H and O–H groups in total. The number of para-hydroxylation sites is 2. The van der Waals surface area contributed by atoms with Gasteiger partial charge in [0.1, 0.15) is 5.75 Å². The number of nitrogens with zero attached hydrogens (tertiary/aromatic N) is 3. The summed E-state index contributed by atoms with van der Waals surface area (Å²) in [6.45, 7) is 8.44. The highest BCUT2D eigenvalue weighted by atomic mass is 16.5. The molecular formula is C22H35N3O2. The lowest BCUT2D eigenvalue weighted by Crippen LogP contribution is -2.55. The Morgan fingerprint density at radius 1 is 1.15 bits per heavy atom. The van der Waals surface area contributed by atoms with Crippen LogP contribution in [0.15, 0.2) is 24.3 Å². The van der Waals surface area contributed by atoms with E-state index in [1.807, 2.05) is 31.0 Å². The minimum absolute atomic E-state index is 0.0405. The number of amides is 1. The van der Waals surface area contributed by atoms with E-state index < -0.39 is 0 Å². The second kappa shape index (κ2) is 9.45. The third-order valence-corrected chi connectivity index (χ3v) is 6.20. The van der Waals surface area contributed by atoms with Crippen LogP contribution in [0.4, 0.5) is 5.69 Å². The van der Waals surface area contributed by atoms with E-state index >= 15 is 0 Å². The van der Waals surface area contributed by atoms with E-state index in [0.717, 1.165) is 50.5 Å². The largest absolute Gasteiger partial charge is 0.492 e. The maximum Gasteiger partial charge on any atom is 0.239 e. The van der Waals surface area contributed by atoms with Crippen LogP contribution in [0.2, 0.25) is 0 Å². The van der Waals surface area contributed by atoms with E-state index in [0.29, 0.717) is 12.6 Å². The molecule has 0 bridgehead atoms. The standard InChI is InChI=1S/C22H35N3O2/c1-4-27-21-13-9-8-12-20(21)25-16-14-24(15-17-25)18(2)22(26)23(3)19-10-6-5-7-11-19/h8-9,12-13,18-19H,4-7,10-11,14-17H2,1-3H3. The van der Waals surface area contributed by atoms with E-state index in [-0.39, 0.29) is 11.9 Å². The van der Waals surface area contributed by atoms with E-state index in [1.165, 1.54) is 19.3 Å². The molecule has 1 atom stereocenters. The first kappa shape index (κ1) is 20.0. The predicted molar refractivity (Wildman–Crippen MR) is 111 cm³/mol. The molecule has 150 valence electrons. The molecule has 0 aromatic heterocycles. The van der Waals surface area contributed by atoms with Gasteiger partial charge in [0.15, 0.2) is 0 Å². The first-order chi connectivity index (χ1) is 13.1. The molecule has 1 heterocycles. The minimum atomic E-state index is -0.0405. The topological polar surface area (TPSA) is 36.0 Å². The summed E-state index contributed by atoms with van der Waals surface area (Å²) >= 11 is 0. The fraction of sp³-hybridized carbons (Fsp3) is 0.682. The molecule has 5 nitrogen and oxygen atoms in total. The van der Waals surface area contributed by atoms with Crippen LogP contribution >= 0.6 is 0 Å². The molecule has 27 heavy (non-hydrogen) atoms. The molecule has 1 saturated heterocycles. The average molecular weight is 374 g/mol. The van der Waals surface area contributed by atoms with Gasteiger partial charge >= 0.3 is 0 Å². The smallest absolute Gasteiger partial charge is 0.239 e. The summed E-state index contributed by atoms with van der Waals surface area (Å²) < 4.78 is 5.79. The summed E-state index contributed by atoms with van der Waals surface area (Å²) in [6.07, 6.45) is 6.16. The Morgan fingerprint density at radius 2 is 1.81 bits per heavy atom. The molecule has 1 aromatic rings. The zero-order valence-electron chi connectivity index (χ0n) is 17.2. The van der Waals surface area contributed by atoms with Gasteiger partial charge in [0.2, 0.25) is 5.91 Å². The van der Waals surface area contributed by atoms with Gasteiger partial charge in [0.05, 0.1) is 18.3 Å². The van der Waals surface area contributed by atoms with Crippen molar-refractivity contribution in [2.45, 2.75) is 58.0 Å². The van der Waals surface area contributed by atoms with Gasteiger partial charge in [-0.05, 0) is 38.8 Å². The van der Waals surface area contributed by atoms with Crippen LogP contribution in [0.5, 0.6) is 5.75 Å². The highest BCUT2D eigenvalue weighted by molar-refractivity contribution is 5.81. The van der Waals surface area contributed by atoms with Crippen LogP contribution in [-0.4, -0.2) is 67.6 Å². The maximum absolute atomic E-state index is 13.0. The maximum atomic E-state index is 13.0. The number of rotatable bonds is 6. The zero-order chi connectivity index (χ0) is 19.2. The van der Waals surface area contributed by atoms with Crippen molar-refractivity contribution in [3.63, 3.8) is 0 Å².